The van der Waals surface area contributed by atoms with Gasteiger partial charge in [0.2, 0.25) is 0 Å². The Kier molecular flexibility index (Phi) is 5.62. The van der Waals surface area contributed by atoms with Gasteiger partial charge in [-0.1, -0.05) is 12.1 Å². The third-order valence-corrected chi connectivity index (χ3v) is 1.08. The Morgan fingerprint density at radius 2 is 1.71 bits per heavy atom. The van der Waals surface area contributed by atoms with E-state index in [-0.39, 0.29) is 11.4 Å². The quantitative estimate of drug-likeness (QED) is 0.355. The van der Waals surface area contributed by atoms with E-state index in [0.29, 0.717) is 0 Å². The van der Waals surface area contributed by atoms with Crippen LogP contribution in [0.3, 0.4) is 0 Å². The van der Waals surface area contributed by atoms with Crippen LogP contribution in [0, 0.1) is 10.1 Å². The van der Waals surface area contributed by atoms with Crippen molar-refractivity contribution in [2.75, 3.05) is 0 Å². The van der Waals surface area contributed by atoms with Gasteiger partial charge in [0, 0.05) is 6.07 Å². The summed E-state index contributed by atoms with van der Waals surface area (Å²) >= 11 is -3.58. The minimum atomic E-state index is -3.58. The van der Waals surface area contributed by atoms with Gasteiger partial charge in [-0.15, -0.1) is 0 Å². The molecule has 0 fully saturated rings. The standard InChI is InChI=1S/C6H5NO3.AsH3O3/c8-6-4-2-1-3-5(6)7(9)10;2-1(3)4/h1-4,8H;1H,(H2,2,3,4). The SMILES string of the molecule is O=[AsH](O)O.O=[N+]([O-])c1ccccc1O. The van der Waals surface area contributed by atoms with Crippen molar-refractivity contribution in [2.24, 2.45) is 0 Å². The summed E-state index contributed by atoms with van der Waals surface area (Å²) in [7, 11) is 0. The van der Waals surface area contributed by atoms with Crippen LogP contribution < -0.4 is 0 Å². The molecule has 1 rings (SSSR count). The van der Waals surface area contributed by atoms with E-state index < -0.39 is 20.2 Å². The average Bonchev–Trinajstić information content (AvgIpc) is 2.03. The molecule has 78 valence electrons. The van der Waals surface area contributed by atoms with Gasteiger partial charge in [-0.25, -0.2) is 0 Å². The van der Waals surface area contributed by atoms with Gasteiger partial charge in [-0.3, -0.25) is 10.1 Å². The largest absolute Gasteiger partial charge is 0.502 e. The van der Waals surface area contributed by atoms with Crippen LogP contribution in [0.5, 0.6) is 5.75 Å². The summed E-state index contributed by atoms with van der Waals surface area (Å²) in [4.78, 5) is 9.44. The molecule has 3 N–H and O–H groups in total. The van der Waals surface area contributed by atoms with Crippen LogP contribution in [-0.2, 0) is 3.74 Å². The van der Waals surface area contributed by atoms with Gasteiger partial charge in [0.1, 0.15) is 0 Å². The van der Waals surface area contributed by atoms with Crippen molar-refractivity contribution in [2.45, 2.75) is 0 Å². The fraction of sp³-hybridized carbons (Fsp3) is 0. The molecule has 0 spiro atoms. The first kappa shape index (κ1) is 12.7. The molecule has 0 amide bonds. The van der Waals surface area contributed by atoms with Crippen molar-refractivity contribution in [1.29, 1.82) is 0 Å². The molecular formula is C6H8AsNO6. The number of nitro groups is 1. The maximum Gasteiger partial charge on any atom is 0.310 e. The van der Waals surface area contributed by atoms with Crippen LogP contribution in [0.25, 0.3) is 0 Å². The summed E-state index contributed by atoms with van der Waals surface area (Å²) in [5.41, 5.74) is -0.262. The van der Waals surface area contributed by atoms with Crippen LogP contribution >= 0.6 is 0 Å². The Hall–Kier alpha value is -1.30. The van der Waals surface area contributed by atoms with Gasteiger partial charge in [0.15, 0.2) is 5.75 Å². The van der Waals surface area contributed by atoms with Crippen LogP contribution in [0.2, 0.25) is 0 Å². The molecule has 8 heteroatoms. The van der Waals surface area contributed by atoms with E-state index in [2.05, 4.69) is 0 Å². The van der Waals surface area contributed by atoms with E-state index >= 15 is 0 Å². The molecule has 0 bridgehead atoms. The summed E-state index contributed by atoms with van der Waals surface area (Å²) in [6.45, 7) is 0. The second-order valence-electron chi connectivity index (χ2n) is 2.03. The molecule has 0 aliphatic rings. The number of hydrogen-bond donors (Lipinski definition) is 3. The third kappa shape index (κ3) is 5.36. The molecule has 0 unspecified atom stereocenters. The van der Waals surface area contributed by atoms with Gasteiger partial charge >= 0.3 is 32.9 Å². The van der Waals surface area contributed by atoms with Crippen molar-refractivity contribution >= 4 is 21.0 Å². The number of phenols is 1. The summed E-state index contributed by atoms with van der Waals surface area (Å²) in [5, 5.41) is 18.9. The zero-order chi connectivity index (χ0) is 11.1. The predicted octanol–water partition coefficient (Wildman–Crippen LogP) is -0.581. The van der Waals surface area contributed by atoms with E-state index in [4.69, 9.17) is 17.0 Å². The van der Waals surface area contributed by atoms with Gasteiger partial charge in [0.25, 0.3) is 0 Å². The van der Waals surface area contributed by atoms with Crippen LogP contribution in [-0.4, -0.2) is 33.5 Å². The number of aromatic hydroxyl groups is 1. The zero-order valence-electron chi connectivity index (χ0n) is 6.82. The number of rotatable bonds is 1. The maximum atomic E-state index is 10.1. The van der Waals surface area contributed by atoms with E-state index in [1.165, 1.54) is 24.3 Å². The van der Waals surface area contributed by atoms with Crippen molar-refractivity contribution in [3.05, 3.63) is 34.4 Å². The second-order valence-corrected chi connectivity index (χ2v) is 3.21. The molecular weight excluding hydrogens is 257 g/mol. The minimum absolute atomic E-state index is 0.262. The fourth-order valence-electron chi connectivity index (χ4n) is 0.619. The predicted molar refractivity (Wildman–Crippen MR) is 47.0 cm³/mol. The van der Waals surface area contributed by atoms with E-state index in [9.17, 15) is 10.1 Å². The number of nitro benzene ring substituents is 1. The Labute approximate surface area is 83.6 Å². The summed E-state index contributed by atoms with van der Waals surface area (Å²) < 4.78 is 23.2. The van der Waals surface area contributed by atoms with Crippen molar-refractivity contribution in [3.8, 4) is 5.75 Å². The van der Waals surface area contributed by atoms with Gasteiger partial charge in [-0.05, 0) is 6.07 Å². The molecule has 0 aliphatic heterocycles. The summed E-state index contributed by atoms with van der Waals surface area (Å²) in [6.07, 6.45) is 0. The molecule has 14 heavy (non-hydrogen) atoms. The Bertz CT molecular complexity index is 337. The molecule has 1 aromatic rings. The zero-order valence-corrected chi connectivity index (χ0v) is 8.92. The van der Waals surface area contributed by atoms with Crippen molar-refractivity contribution in [1.82, 2.24) is 0 Å². The fourth-order valence-corrected chi connectivity index (χ4v) is 0.619. The Morgan fingerprint density at radius 3 is 2.00 bits per heavy atom. The normalized spacial score (nSPS) is 9.07. The van der Waals surface area contributed by atoms with Gasteiger partial charge in [0.05, 0.1) is 4.92 Å². The molecule has 7 nitrogen and oxygen atoms in total. The molecule has 0 saturated carbocycles. The summed E-state index contributed by atoms with van der Waals surface area (Å²) in [5.74, 6) is -0.299. The first-order valence-corrected chi connectivity index (χ1v) is 6.02. The topological polar surface area (TPSA) is 121 Å². The van der Waals surface area contributed by atoms with Crippen molar-refractivity contribution in [3.63, 3.8) is 0 Å². The Balaban J connectivity index is 0.000000364. The number of benzene rings is 1. The van der Waals surface area contributed by atoms with Crippen LogP contribution in [0.4, 0.5) is 5.69 Å². The molecule has 0 aliphatic carbocycles. The number of para-hydroxylation sites is 2. The second kappa shape index (κ2) is 6.20. The molecule has 0 aromatic heterocycles. The molecule has 0 saturated heterocycles. The molecule has 1 aromatic carbocycles. The Morgan fingerprint density at radius 1 is 1.29 bits per heavy atom. The number of nitrogens with zero attached hydrogens (tertiary/aromatic N) is 1. The first-order chi connectivity index (χ1) is 6.45. The first-order valence-electron chi connectivity index (χ1n) is 3.29. The average molecular weight is 265 g/mol. The molecule has 0 atom stereocenters. The molecule has 0 radical (unpaired) electrons. The number of phenolic OH excluding ortho intramolecular Hbond substituents is 1. The minimum Gasteiger partial charge on any atom is -0.502 e. The molecule has 0 heterocycles. The maximum absolute atomic E-state index is 10.1. The number of hydrogen-bond acceptors (Lipinski definition) is 4. The van der Waals surface area contributed by atoms with E-state index in [0.717, 1.165) is 0 Å². The smallest absolute Gasteiger partial charge is 0.310 e. The van der Waals surface area contributed by atoms with Crippen molar-refractivity contribution < 1.29 is 22.0 Å². The van der Waals surface area contributed by atoms with Gasteiger partial charge in [-0.2, -0.15) is 0 Å². The summed E-state index contributed by atoms with van der Waals surface area (Å²) in [6, 6.07) is 5.55. The van der Waals surface area contributed by atoms with E-state index in [1.807, 2.05) is 0 Å². The third-order valence-electron chi connectivity index (χ3n) is 1.08. The van der Waals surface area contributed by atoms with Gasteiger partial charge < -0.3 is 5.11 Å². The van der Waals surface area contributed by atoms with Crippen LogP contribution in [0.15, 0.2) is 24.3 Å². The monoisotopic (exact) mass is 265 g/mol. The van der Waals surface area contributed by atoms with Crippen LogP contribution in [0.1, 0.15) is 0 Å². The van der Waals surface area contributed by atoms with E-state index in [1.54, 1.807) is 0 Å².